The van der Waals surface area contributed by atoms with Crippen molar-refractivity contribution in [2.24, 2.45) is 5.92 Å². The van der Waals surface area contributed by atoms with Crippen LogP contribution in [0.2, 0.25) is 5.02 Å². The number of hydrogen-bond acceptors (Lipinski definition) is 4. The highest BCUT2D eigenvalue weighted by atomic mass is 35.5. The minimum absolute atomic E-state index is 0.0235. The summed E-state index contributed by atoms with van der Waals surface area (Å²) in [5.74, 6) is 2.02. The summed E-state index contributed by atoms with van der Waals surface area (Å²) < 4.78 is 17.0. The summed E-state index contributed by atoms with van der Waals surface area (Å²) >= 11 is 6.30. The standard InChI is InChI=1S/C15H20ClNO3/c1-18-15-12(16)6-11(14-8-17-4-5-19-14)7-13(15)20-9-10-2-3-10/h6-7,10,14,17H,2-5,8-9H2,1H3. The molecule has 1 aromatic rings. The topological polar surface area (TPSA) is 39.7 Å². The highest BCUT2D eigenvalue weighted by Crippen LogP contribution is 2.40. The van der Waals surface area contributed by atoms with Gasteiger partial charge in [0.1, 0.15) is 0 Å². The van der Waals surface area contributed by atoms with Gasteiger partial charge in [-0.15, -0.1) is 0 Å². The van der Waals surface area contributed by atoms with Crippen molar-refractivity contribution in [1.29, 1.82) is 0 Å². The molecule has 20 heavy (non-hydrogen) atoms. The van der Waals surface area contributed by atoms with Crippen LogP contribution in [0.25, 0.3) is 0 Å². The molecule has 5 heteroatoms. The number of rotatable bonds is 5. The first-order chi connectivity index (χ1) is 9.78. The van der Waals surface area contributed by atoms with Crippen LogP contribution in [0, 0.1) is 5.92 Å². The zero-order chi connectivity index (χ0) is 13.9. The lowest BCUT2D eigenvalue weighted by molar-refractivity contribution is 0.0275. The smallest absolute Gasteiger partial charge is 0.179 e. The maximum Gasteiger partial charge on any atom is 0.179 e. The number of benzene rings is 1. The Morgan fingerprint density at radius 2 is 2.25 bits per heavy atom. The van der Waals surface area contributed by atoms with Crippen LogP contribution in [0.3, 0.4) is 0 Å². The maximum absolute atomic E-state index is 6.30. The average molecular weight is 298 g/mol. The van der Waals surface area contributed by atoms with Gasteiger partial charge in [-0.1, -0.05) is 11.6 Å². The lowest BCUT2D eigenvalue weighted by Crippen LogP contribution is -2.33. The van der Waals surface area contributed by atoms with Crippen LogP contribution < -0.4 is 14.8 Å². The first-order valence-corrected chi connectivity index (χ1v) is 7.48. The van der Waals surface area contributed by atoms with Gasteiger partial charge in [0.25, 0.3) is 0 Å². The van der Waals surface area contributed by atoms with Crippen molar-refractivity contribution in [3.8, 4) is 11.5 Å². The predicted molar refractivity (Wildman–Crippen MR) is 77.8 cm³/mol. The zero-order valence-corrected chi connectivity index (χ0v) is 12.4. The number of ether oxygens (including phenoxy) is 3. The van der Waals surface area contributed by atoms with Crippen LogP contribution in [0.5, 0.6) is 11.5 Å². The van der Waals surface area contributed by atoms with Gasteiger partial charge in [-0.3, -0.25) is 0 Å². The Kier molecular flexibility index (Phi) is 4.34. The molecule has 1 aliphatic heterocycles. The molecule has 2 aliphatic rings. The van der Waals surface area contributed by atoms with Crippen molar-refractivity contribution in [1.82, 2.24) is 5.32 Å². The summed E-state index contributed by atoms with van der Waals surface area (Å²) in [4.78, 5) is 0. The monoisotopic (exact) mass is 297 g/mol. The third-order valence-electron chi connectivity index (χ3n) is 3.71. The minimum Gasteiger partial charge on any atom is -0.491 e. The van der Waals surface area contributed by atoms with E-state index in [1.165, 1.54) is 12.8 Å². The van der Waals surface area contributed by atoms with Gasteiger partial charge in [-0.25, -0.2) is 0 Å². The van der Waals surface area contributed by atoms with Crippen molar-refractivity contribution < 1.29 is 14.2 Å². The summed E-state index contributed by atoms with van der Waals surface area (Å²) in [6.07, 6.45) is 2.53. The van der Waals surface area contributed by atoms with Crippen molar-refractivity contribution in [3.63, 3.8) is 0 Å². The molecule has 1 heterocycles. The number of hydrogen-bond donors (Lipinski definition) is 1. The Balaban J connectivity index is 1.82. The number of methoxy groups -OCH3 is 1. The third-order valence-corrected chi connectivity index (χ3v) is 3.99. The molecule has 1 aromatic carbocycles. The summed E-state index contributed by atoms with van der Waals surface area (Å²) in [6.45, 7) is 3.14. The molecular formula is C15H20ClNO3. The molecule has 110 valence electrons. The maximum atomic E-state index is 6.30. The molecule has 1 atom stereocenters. The Bertz CT molecular complexity index is 470. The van der Waals surface area contributed by atoms with Gasteiger partial charge in [0.15, 0.2) is 11.5 Å². The van der Waals surface area contributed by atoms with Crippen molar-refractivity contribution in [2.75, 3.05) is 33.4 Å². The van der Waals surface area contributed by atoms with E-state index in [9.17, 15) is 0 Å². The second kappa shape index (κ2) is 6.20. The molecule has 0 aromatic heterocycles. The Morgan fingerprint density at radius 3 is 2.90 bits per heavy atom. The van der Waals surface area contributed by atoms with E-state index in [2.05, 4.69) is 5.32 Å². The van der Waals surface area contributed by atoms with Gasteiger partial charge in [-0.2, -0.15) is 0 Å². The van der Waals surface area contributed by atoms with Gasteiger partial charge < -0.3 is 19.5 Å². The average Bonchev–Trinajstić information content (AvgIpc) is 3.30. The van der Waals surface area contributed by atoms with Gasteiger partial charge in [0, 0.05) is 13.1 Å². The molecule has 0 amide bonds. The fraction of sp³-hybridized carbons (Fsp3) is 0.600. The summed E-state index contributed by atoms with van der Waals surface area (Å²) in [6, 6.07) is 3.90. The van der Waals surface area contributed by atoms with Crippen LogP contribution in [-0.2, 0) is 4.74 Å². The molecular weight excluding hydrogens is 278 g/mol. The summed E-state index contributed by atoms with van der Waals surface area (Å²) in [5.41, 5.74) is 1.04. The summed E-state index contributed by atoms with van der Waals surface area (Å²) in [5, 5.41) is 3.89. The fourth-order valence-electron chi connectivity index (χ4n) is 2.35. The van der Waals surface area contributed by atoms with Crippen LogP contribution >= 0.6 is 11.6 Å². The van der Waals surface area contributed by atoms with E-state index in [4.69, 9.17) is 25.8 Å². The number of morpholine rings is 1. The Hall–Kier alpha value is -0.970. The largest absolute Gasteiger partial charge is 0.491 e. The normalized spacial score (nSPS) is 22.6. The first-order valence-electron chi connectivity index (χ1n) is 7.10. The lowest BCUT2D eigenvalue weighted by Gasteiger charge is -2.25. The molecule has 0 radical (unpaired) electrons. The van der Waals surface area contributed by atoms with E-state index < -0.39 is 0 Å². The molecule has 3 rings (SSSR count). The molecule has 4 nitrogen and oxygen atoms in total. The van der Waals surface area contributed by atoms with Gasteiger partial charge in [0.05, 0.1) is 31.5 Å². The quantitative estimate of drug-likeness (QED) is 0.907. The number of nitrogens with one attached hydrogen (secondary N) is 1. The van der Waals surface area contributed by atoms with Crippen LogP contribution in [0.1, 0.15) is 24.5 Å². The highest BCUT2D eigenvalue weighted by molar-refractivity contribution is 6.32. The SMILES string of the molecule is COc1c(Cl)cc(C2CNCCO2)cc1OCC1CC1. The van der Waals surface area contributed by atoms with Crippen LogP contribution in [-0.4, -0.2) is 33.4 Å². The Morgan fingerprint density at radius 1 is 1.40 bits per heavy atom. The van der Waals surface area contributed by atoms with Crippen molar-refractivity contribution >= 4 is 11.6 Å². The van der Waals surface area contributed by atoms with Gasteiger partial charge in [0.2, 0.25) is 0 Å². The molecule has 1 saturated heterocycles. The van der Waals surface area contributed by atoms with E-state index in [-0.39, 0.29) is 6.10 Å². The Labute approximate surface area is 124 Å². The summed E-state index contributed by atoms with van der Waals surface area (Å²) in [7, 11) is 1.61. The van der Waals surface area contributed by atoms with Crippen LogP contribution in [0.4, 0.5) is 0 Å². The highest BCUT2D eigenvalue weighted by Gasteiger charge is 2.24. The van der Waals surface area contributed by atoms with E-state index in [0.717, 1.165) is 31.0 Å². The van der Waals surface area contributed by atoms with E-state index >= 15 is 0 Å². The van der Waals surface area contributed by atoms with Crippen LogP contribution in [0.15, 0.2) is 12.1 Å². The van der Waals surface area contributed by atoms with Gasteiger partial charge >= 0.3 is 0 Å². The van der Waals surface area contributed by atoms with Gasteiger partial charge in [-0.05, 0) is 36.5 Å². The fourth-order valence-corrected chi connectivity index (χ4v) is 2.65. The molecule has 1 saturated carbocycles. The molecule has 1 aliphatic carbocycles. The molecule has 1 unspecified atom stereocenters. The zero-order valence-electron chi connectivity index (χ0n) is 11.7. The molecule has 2 fully saturated rings. The van der Waals surface area contributed by atoms with Crippen molar-refractivity contribution in [3.05, 3.63) is 22.7 Å². The van der Waals surface area contributed by atoms with E-state index in [1.54, 1.807) is 7.11 Å². The molecule has 0 bridgehead atoms. The minimum atomic E-state index is 0.0235. The lowest BCUT2D eigenvalue weighted by atomic mass is 10.1. The predicted octanol–water partition coefficient (Wildman–Crippen LogP) is 2.80. The second-order valence-corrected chi connectivity index (χ2v) is 5.76. The second-order valence-electron chi connectivity index (χ2n) is 5.35. The van der Waals surface area contributed by atoms with E-state index in [0.29, 0.717) is 23.3 Å². The van der Waals surface area contributed by atoms with Crippen molar-refractivity contribution in [2.45, 2.75) is 18.9 Å². The first kappa shape index (κ1) is 14.0. The number of halogens is 1. The van der Waals surface area contributed by atoms with E-state index in [1.807, 2.05) is 12.1 Å². The third kappa shape index (κ3) is 3.19. The molecule has 1 N–H and O–H groups in total. The molecule has 0 spiro atoms.